The van der Waals surface area contributed by atoms with Crippen LogP contribution in [0.3, 0.4) is 0 Å². The molecule has 5 nitrogen and oxygen atoms in total. The summed E-state index contributed by atoms with van der Waals surface area (Å²) in [5.41, 5.74) is 7.08. The third-order valence-corrected chi connectivity index (χ3v) is 3.86. The number of aryl methyl sites for hydroxylation is 1. The van der Waals surface area contributed by atoms with Crippen LogP contribution in [-0.4, -0.2) is 16.7 Å². The molecule has 19 heavy (non-hydrogen) atoms. The number of rotatable bonds is 5. The van der Waals surface area contributed by atoms with Crippen molar-refractivity contribution >= 4 is 11.8 Å². The lowest BCUT2D eigenvalue weighted by Crippen LogP contribution is -2.05. The van der Waals surface area contributed by atoms with E-state index in [1.165, 1.54) is 11.8 Å². The van der Waals surface area contributed by atoms with Gasteiger partial charge in [-0.2, -0.15) is 5.26 Å². The molecule has 1 unspecified atom stereocenters. The molecule has 0 spiro atoms. The van der Waals surface area contributed by atoms with Crippen LogP contribution in [0, 0.1) is 18.3 Å². The first kappa shape index (κ1) is 13.6. The van der Waals surface area contributed by atoms with Crippen molar-refractivity contribution in [3.63, 3.8) is 0 Å². The average molecular weight is 274 g/mol. The van der Waals surface area contributed by atoms with E-state index >= 15 is 0 Å². The van der Waals surface area contributed by atoms with E-state index in [1.54, 1.807) is 12.3 Å². The lowest BCUT2D eigenvalue weighted by Gasteiger charge is -2.12. The van der Waals surface area contributed by atoms with Gasteiger partial charge in [-0.1, -0.05) is 16.9 Å². The largest absolute Gasteiger partial charge is 0.360 e. The summed E-state index contributed by atoms with van der Waals surface area (Å²) >= 11 is 1.49. The fourth-order valence-electron chi connectivity index (χ4n) is 1.64. The van der Waals surface area contributed by atoms with Gasteiger partial charge in [0.25, 0.3) is 0 Å². The van der Waals surface area contributed by atoms with E-state index in [-0.39, 0.29) is 5.25 Å². The summed E-state index contributed by atoms with van der Waals surface area (Å²) in [6, 6.07) is 7.58. The summed E-state index contributed by atoms with van der Waals surface area (Å²) < 4.78 is 5.19. The van der Waals surface area contributed by atoms with E-state index in [0.717, 1.165) is 17.9 Å². The maximum atomic E-state index is 9.12. The Bertz CT molecular complexity index is 577. The van der Waals surface area contributed by atoms with E-state index in [1.807, 2.05) is 19.1 Å². The van der Waals surface area contributed by atoms with Crippen LogP contribution in [-0.2, 0) is 0 Å². The molecular weight excluding hydrogens is 260 g/mol. The Morgan fingerprint density at radius 2 is 2.32 bits per heavy atom. The highest BCUT2D eigenvalue weighted by Gasteiger charge is 2.19. The Morgan fingerprint density at radius 3 is 2.95 bits per heavy atom. The van der Waals surface area contributed by atoms with Gasteiger partial charge >= 0.3 is 0 Å². The van der Waals surface area contributed by atoms with Gasteiger partial charge < -0.3 is 10.3 Å². The molecule has 0 fully saturated rings. The maximum Gasteiger partial charge on any atom is 0.150 e. The van der Waals surface area contributed by atoms with Gasteiger partial charge in [0, 0.05) is 11.8 Å². The highest BCUT2D eigenvalue weighted by Crippen LogP contribution is 2.37. The number of pyridine rings is 1. The predicted octanol–water partition coefficient (Wildman–Crippen LogP) is 2.43. The molecule has 1 atom stereocenters. The second-order valence-corrected chi connectivity index (χ2v) is 5.21. The van der Waals surface area contributed by atoms with Gasteiger partial charge in [0.1, 0.15) is 16.9 Å². The van der Waals surface area contributed by atoms with Crippen molar-refractivity contribution in [2.24, 2.45) is 5.73 Å². The van der Waals surface area contributed by atoms with Crippen LogP contribution in [0.5, 0.6) is 0 Å². The third kappa shape index (κ3) is 3.34. The van der Waals surface area contributed by atoms with Gasteiger partial charge in [0.2, 0.25) is 0 Å². The zero-order valence-electron chi connectivity index (χ0n) is 10.5. The molecule has 0 saturated heterocycles. The number of hydrogen-bond donors (Lipinski definition) is 1. The minimum Gasteiger partial charge on any atom is -0.360 e. The molecule has 2 heterocycles. The number of hydrogen-bond acceptors (Lipinski definition) is 6. The second kappa shape index (κ2) is 6.36. The molecule has 0 aliphatic rings. The molecular formula is C13H14N4OS. The highest BCUT2D eigenvalue weighted by atomic mass is 32.2. The molecule has 0 aromatic carbocycles. The predicted molar refractivity (Wildman–Crippen MR) is 72.5 cm³/mol. The Labute approximate surface area is 115 Å². The first-order valence-electron chi connectivity index (χ1n) is 5.89. The summed E-state index contributed by atoms with van der Waals surface area (Å²) in [6.45, 7) is 2.43. The van der Waals surface area contributed by atoms with Crippen molar-refractivity contribution in [1.29, 1.82) is 5.26 Å². The first-order valence-corrected chi connectivity index (χ1v) is 6.77. The maximum absolute atomic E-state index is 9.12. The number of nitriles is 1. The van der Waals surface area contributed by atoms with Crippen LogP contribution >= 0.6 is 11.8 Å². The van der Waals surface area contributed by atoms with Gasteiger partial charge in [0.05, 0.1) is 17.0 Å². The van der Waals surface area contributed by atoms with Gasteiger partial charge in [-0.05, 0) is 32.0 Å². The smallest absolute Gasteiger partial charge is 0.150 e. The number of thioether (sulfide) groups is 1. The molecule has 2 N–H and O–H groups in total. The minimum atomic E-state index is 0.0221. The van der Waals surface area contributed by atoms with Crippen LogP contribution in [0.1, 0.15) is 28.7 Å². The average Bonchev–Trinajstić information content (AvgIpc) is 2.92. The topological polar surface area (TPSA) is 88.7 Å². The molecule has 2 rings (SSSR count). The van der Waals surface area contributed by atoms with Crippen LogP contribution in [0.2, 0.25) is 0 Å². The summed E-state index contributed by atoms with van der Waals surface area (Å²) in [5, 5.41) is 13.6. The molecule has 98 valence electrons. The zero-order valence-corrected chi connectivity index (χ0v) is 11.4. The summed E-state index contributed by atoms with van der Waals surface area (Å²) in [5.74, 6) is 0.752. The molecule has 0 aliphatic heterocycles. The van der Waals surface area contributed by atoms with Crippen molar-refractivity contribution in [2.45, 2.75) is 23.6 Å². The fraction of sp³-hybridized carbons (Fsp3) is 0.308. The van der Waals surface area contributed by atoms with Crippen molar-refractivity contribution in [1.82, 2.24) is 10.1 Å². The monoisotopic (exact) mass is 274 g/mol. The molecule has 0 radical (unpaired) electrons. The SMILES string of the molecule is Cc1ccc(C#N)c(SC(CCN)c2ccno2)n1. The molecule has 0 saturated carbocycles. The fourth-order valence-corrected chi connectivity index (χ4v) is 2.84. The first-order chi connectivity index (χ1) is 9.24. The van der Waals surface area contributed by atoms with Crippen molar-refractivity contribution < 1.29 is 4.52 Å². The summed E-state index contributed by atoms with van der Waals surface area (Å²) in [4.78, 5) is 4.41. The number of aromatic nitrogens is 2. The minimum absolute atomic E-state index is 0.0221. The zero-order chi connectivity index (χ0) is 13.7. The van der Waals surface area contributed by atoms with Crippen LogP contribution in [0.4, 0.5) is 0 Å². The van der Waals surface area contributed by atoms with E-state index in [0.29, 0.717) is 17.1 Å². The van der Waals surface area contributed by atoms with Gasteiger partial charge in [0.15, 0.2) is 0 Å². The van der Waals surface area contributed by atoms with Gasteiger partial charge in [-0.3, -0.25) is 0 Å². The van der Waals surface area contributed by atoms with Crippen molar-refractivity contribution in [3.05, 3.63) is 41.4 Å². The number of nitrogens with zero attached hydrogens (tertiary/aromatic N) is 3. The molecule has 2 aromatic heterocycles. The molecule has 0 aliphatic carbocycles. The lowest BCUT2D eigenvalue weighted by molar-refractivity contribution is 0.379. The van der Waals surface area contributed by atoms with E-state index in [9.17, 15) is 0 Å². The van der Waals surface area contributed by atoms with Crippen molar-refractivity contribution in [3.8, 4) is 6.07 Å². The number of nitrogens with two attached hydrogens (primary N) is 1. The van der Waals surface area contributed by atoms with Crippen LogP contribution in [0.15, 0.2) is 33.9 Å². The van der Waals surface area contributed by atoms with Crippen LogP contribution in [0.25, 0.3) is 0 Å². The quantitative estimate of drug-likeness (QED) is 0.842. The highest BCUT2D eigenvalue weighted by molar-refractivity contribution is 7.99. The molecule has 2 aromatic rings. The lowest BCUT2D eigenvalue weighted by atomic mass is 10.2. The van der Waals surface area contributed by atoms with Gasteiger partial charge in [-0.15, -0.1) is 0 Å². The summed E-state index contributed by atoms with van der Waals surface area (Å²) in [6.07, 6.45) is 2.34. The Kier molecular flexibility index (Phi) is 4.55. The standard InChI is InChI=1S/C13H14N4OS/c1-9-2-3-10(8-15)13(17-9)19-12(4-6-14)11-5-7-16-18-11/h2-3,5,7,12H,4,6,14H2,1H3. The van der Waals surface area contributed by atoms with E-state index in [4.69, 9.17) is 15.5 Å². The summed E-state index contributed by atoms with van der Waals surface area (Å²) in [7, 11) is 0. The Morgan fingerprint density at radius 1 is 1.47 bits per heavy atom. The van der Waals surface area contributed by atoms with Crippen LogP contribution < -0.4 is 5.73 Å². The molecule has 0 amide bonds. The van der Waals surface area contributed by atoms with Crippen molar-refractivity contribution in [2.75, 3.05) is 6.54 Å². The van der Waals surface area contributed by atoms with E-state index < -0.39 is 0 Å². The van der Waals surface area contributed by atoms with Gasteiger partial charge in [-0.25, -0.2) is 4.98 Å². The molecule has 0 bridgehead atoms. The normalized spacial score (nSPS) is 12.1. The Hall–Kier alpha value is -1.84. The van der Waals surface area contributed by atoms with E-state index in [2.05, 4.69) is 16.2 Å². The second-order valence-electron chi connectivity index (χ2n) is 4.02. The third-order valence-electron chi connectivity index (χ3n) is 2.58. The molecule has 6 heteroatoms. The Balaban J connectivity index is 2.27.